The Kier molecular flexibility index (Phi) is 4.24. The third kappa shape index (κ3) is 3.15. The molecule has 0 aliphatic heterocycles. The molecule has 0 amide bonds. The molecule has 0 radical (unpaired) electrons. The third-order valence-corrected chi connectivity index (χ3v) is 2.86. The zero-order valence-corrected chi connectivity index (χ0v) is 11.3. The summed E-state index contributed by atoms with van der Waals surface area (Å²) < 4.78 is 16.9. The normalized spacial score (nSPS) is 10.7. The predicted molar refractivity (Wildman–Crippen MR) is 66.8 cm³/mol. The third-order valence-electron chi connectivity index (χ3n) is 2.51. The molecule has 0 aliphatic carbocycles. The molecule has 0 bridgehead atoms. The standard InChI is InChI=1S/C12H13ClN2O4/c1-15-10(13)5-14-11(15)7-18-12(16)9-4-3-8(19-9)6-17-2/h3-5H,6-7H2,1-2H3. The molecule has 2 aromatic heterocycles. The molecule has 0 spiro atoms. The lowest BCUT2D eigenvalue weighted by Crippen LogP contribution is -2.07. The summed E-state index contributed by atoms with van der Waals surface area (Å²) >= 11 is 5.83. The van der Waals surface area contributed by atoms with Crippen LogP contribution in [0.4, 0.5) is 0 Å². The van der Waals surface area contributed by atoms with Gasteiger partial charge in [0, 0.05) is 14.2 Å². The molecule has 2 heterocycles. The number of nitrogens with zero attached hydrogens (tertiary/aromatic N) is 2. The molecule has 2 rings (SSSR count). The summed E-state index contributed by atoms with van der Waals surface area (Å²) in [6.07, 6.45) is 1.49. The molecular weight excluding hydrogens is 272 g/mol. The van der Waals surface area contributed by atoms with Crippen LogP contribution < -0.4 is 0 Å². The van der Waals surface area contributed by atoms with Crippen LogP contribution in [0.5, 0.6) is 0 Å². The molecule has 0 N–H and O–H groups in total. The van der Waals surface area contributed by atoms with Crippen LogP contribution >= 0.6 is 11.6 Å². The molecule has 0 saturated heterocycles. The van der Waals surface area contributed by atoms with Crippen molar-refractivity contribution in [1.82, 2.24) is 9.55 Å². The van der Waals surface area contributed by atoms with Crippen molar-refractivity contribution in [3.05, 3.63) is 40.8 Å². The predicted octanol–water partition coefficient (Wildman–Crippen LogP) is 2.17. The van der Waals surface area contributed by atoms with Gasteiger partial charge in [0.15, 0.2) is 0 Å². The first kappa shape index (κ1) is 13.6. The van der Waals surface area contributed by atoms with Crippen molar-refractivity contribution >= 4 is 17.6 Å². The van der Waals surface area contributed by atoms with Gasteiger partial charge in [0.1, 0.15) is 30.0 Å². The number of esters is 1. The molecular formula is C12H13ClN2O4. The highest BCUT2D eigenvalue weighted by Crippen LogP contribution is 2.13. The maximum Gasteiger partial charge on any atom is 0.374 e. The molecule has 6 nitrogen and oxygen atoms in total. The summed E-state index contributed by atoms with van der Waals surface area (Å²) in [4.78, 5) is 15.7. The summed E-state index contributed by atoms with van der Waals surface area (Å²) in [6, 6.07) is 3.21. The van der Waals surface area contributed by atoms with Crippen LogP contribution in [0.1, 0.15) is 22.1 Å². The highest BCUT2D eigenvalue weighted by atomic mass is 35.5. The van der Waals surface area contributed by atoms with Crippen LogP contribution in [0, 0.1) is 0 Å². The van der Waals surface area contributed by atoms with E-state index in [0.29, 0.717) is 23.3 Å². The molecule has 0 aliphatic rings. The number of ether oxygens (including phenoxy) is 2. The minimum atomic E-state index is -0.554. The van der Waals surface area contributed by atoms with Crippen LogP contribution in [-0.4, -0.2) is 22.6 Å². The molecule has 102 valence electrons. The van der Waals surface area contributed by atoms with Crippen LogP contribution in [0.3, 0.4) is 0 Å². The van der Waals surface area contributed by atoms with Crippen molar-refractivity contribution in [2.24, 2.45) is 7.05 Å². The van der Waals surface area contributed by atoms with Gasteiger partial charge < -0.3 is 18.5 Å². The van der Waals surface area contributed by atoms with E-state index in [2.05, 4.69) is 4.98 Å². The molecule has 7 heteroatoms. The molecule has 0 aromatic carbocycles. The van der Waals surface area contributed by atoms with Crippen molar-refractivity contribution in [1.29, 1.82) is 0 Å². The van der Waals surface area contributed by atoms with Gasteiger partial charge in [-0.3, -0.25) is 0 Å². The van der Waals surface area contributed by atoms with Crippen molar-refractivity contribution in [2.45, 2.75) is 13.2 Å². The molecule has 0 unspecified atom stereocenters. The minimum Gasteiger partial charge on any atom is -0.452 e. The van der Waals surface area contributed by atoms with Gasteiger partial charge in [0.2, 0.25) is 5.76 Å². The van der Waals surface area contributed by atoms with Gasteiger partial charge in [-0.05, 0) is 12.1 Å². The molecule has 0 fully saturated rings. The fourth-order valence-corrected chi connectivity index (χ4v) is 1.61. The number of rotatable bonds is 5. The quantitative estimate of drug-likeness (QED) is 0.787. The SMILES string of the molecule is COCc1ccc(C(=O)OCc2ncc(Cl)n2C)o1. The van der Waals surface area contributed by atoms with E-state index in [-0.39, 0.29) is 12.4 Å². The van der Waals surface area contributed by atoms with Gasteiger partial charge in [0.05, 0.1) is 6.20 Å². The lowest BCUT2D eigenvalue weighted by Gasteiger charge is -2.03. The van der Waals surface area contributed by atoms with E-state index >= 15 is 0 Å². The Labute approximate surface area is 114 Å². The minimum absolute atomic E-state index is 0.0301. The zero-order chi connectivity index (χ0) is 13.8. The number of carbonyl (C=O) groups excluding carboxylic acids is 1. The smallest absolute Gasteiger partial charge is 0.374 e. The van der Waals surface area contributed by atoms with Gasteiger partial charge in [-0.15, -0.1) is 0 Å². The fraction of sp³-hybridized carbons (Fsp3) is 0.333. The van der Waals surface area contributed by atoms with E-state index in [4.69, 9.17) is 25.5 Å². The first-order valence-corrected chi connectivity index (χ1v) is 5.90. The highest BCUT2D eigenvalue weighted by Gasteiger charge is 2.14. The number of aromatic nitrogens is 2. The zero-order valence-electron chi connectivity index (χ0n) is 10.6. The van der Waals surface area contributed by atoms with Gasteiger partial charge >= 0.3 is 5.97 Å². The first-order chi connectivity index (χ1) is 9.11. The van der Waals surface area contributed by atoms with Crippen molar-refractivity contribution < 1.29 is 18.7 Å². The Bertz CT molecular complexity index is 576. The van der Waals surface area contributed by atoms with Gasteiger partial charge in [0.25, 0.3) is 0 Å². The van der Waals surface area contributed by atoms with Crippen LogP contribution in [-0.2, 0) is 29.7 Å². The lowest BCUT2D eigenvalue weighted by atomic mass is 10.4. The maximum absolute atomic E-state index is 11.7. The second kappa shape index (κ2) is 5.90. The second-order valence-corrected chi connectivity index (χ2v) is 4.22. The van der Waals surface area contributed by atoms with E-state index in [1.807, 2.05) is 0 Å². The van der Waals surface area contributed by atoms with E-state index in [9.17, 15) is 4.79 Å². The summed E-state index contributed by atoms with van der Waals surface area (Å²) in [6.45, 7) is 0.338. The molecule has 19 heavy (non-hydrogen) atoms. The van der Waals surface area contributed by atoms with Crippen LogP contribution in [0.15, 0.2) is 22.7 Å². The number of furan rings is 1. The van der Waals surface area contributed by atoms with E-state index in [1.54, 1.807) is 30.9 Å². The summed E-state index contributed by atoms with van der Waals surface area (Å²) in [5.74, 6) is 0.699. The Morgan fingerprint density at radius 2 is 2.26 bits per heavy atom. The Balaban J connectivity index is 1.95. The Morgan fingerprint density at radius 1 is 1.47 bits per heavy atom. The fourth-order valence-electron chi connectivity index (χ4n) is 1.47. The van der Waals surface area contributed by atoms with E-state index in [0.717, 1.165) is 0 Å². The Hall–Kier alpha value is -1.79. The number of halogens is 1. The molecule has 0 atom stereocenters. The topological polar surface area (TPSA) is 66.5 Å². The first-order valence-electron chi connectivity index (χ1n) is 5.52. The van der Waals surface area contributed by atoms with E-state index < -0.39 is 5.97 Å². The molecule has 0 saturated carbocycles. The highest BCUT2D eigenvalue weighted by molar-refractivity contribution is 6.29. The van der Waals surface area contributed by atoms with Gasteiger partial charge in [-0.25, -0.2) is 9.78 Å². The number of imidazole rings is 1. The monoisotopic (exact) mass is 284 g/mol. The van der Waals surface area contributed by atoms with Crippen molar-refractivity contribution in [3.63, 3.8) is 0 Å². The summed E-state index contributed by atoms with van der Waals surface area (Å²) in [7, 11) is 3.29. The number of carbonyl (C=O) groups is 1. The lowest BCUT2D eigenvalue weighted by molar-refractivity contribution is 0.0416. The number of hydrogen-bond acceptors (Lipinski definition) is 5. The van der Waals surface area contributed by atoms with E-state index in [1.165, 1.54) is 6.20 Å². The molecule has 2 aromatic rings. The van der Waals surface area contributed by atoms with Crippen LogP contribution in [0.2, 0.25) is 5.15 Å². The second-order valence-electron chi connectivity index (χ2n) is 3.83. The average Bonchev–Trinajstić information content (AvgIpc) is 2.97. The summed E-state index contributed by atoms with van der Waals surface area (Å²) in [5.41, 5.74) is 0. The van der Waals surface area contributed by atoms with Crippen molar-refractivity contribution in [3.8, 4) is 0 Å². The average molecular weight is 285 g/mol. The number of methoxy groups -OCH3 is 1. The van der Waals surface area contributed by atoms with Gasteiger partial charge in [-0.1, -0.05) is 11.6 Å². The van der Waals surface area contributed by atoms with Crippen molar-refractivity contribution in [2.75, 3.05) is 7.11 Å². The maximum atomic E-state index is 11.7. The van der Waals surface area contributed by atoms with Crippen LogP contribution in [0.25, 0.3) is 0 Å². The largest absolute Gasteiger partial charge is 0.452 e. The van der Waals surface area contributed by atoms with Gasteiger partial charge in [-0.2, -0.15) is 0 Å². The Morgan fingerprint density at radius 3 is 2.89 bits per heavy atom. The number of hydrogen-bond donors (Lipinski definition) is 0. The summed E-state index contributed by atoms with van der Waals surface area (Å²) in [5, 5.41) is 0.478.